The predicted octanol–water partition coefficient (Wildman–Crippen LogP) is 3.66. The van der Waals surface area contributed by atoms with Gasteiger partial charge in [-0.3, -0.25) is 9.98 Å². The molecule has 1 unspecified atom stereocenters. The molecule has 2 nitrogen and oxygen atoms in total. The molecule has 1 aromatic rings. The second kappa shape index (κ2) is 8.49. The molecule has 21 heavy (non-hydrogen) atoms. The van der Waals surface area contributed by atoms with Crippen molar-refractivity contribution in [2.24, 2.45) is 9.98 Å². The molecule has 1 atom stereocenters. The largest absolute Gasteiger partial charge is 0.289 e. The van der Waals surface area contributed by atoms with E-state index in [9.17, 15) is 0 Å². The lowest BCUT2D eigenvalue weighted by molar-refractivity contribution is 1.12. The fourth-order valence-corrected chi connectivity index (χ4v) is 2.28. The fraction of sp³-hybridized carbons (Fsp3) is 0.222. The minimum Gasteiger partial charge on any atom is -0.289 e. The van der Waals surface area contributed by atoms with Crippen LogP contribution in [0.15, 0.2) is 70.8 Å². The summed E-state index contributed by atoms with van der Waals surface area (Å²) < 4.78 is 0. The van der Waals surface area contributed by atoms with E-state index in [0.29, 0.717) is 6.54 Å². The topological polar surface area (TPSA) is 24.7 Å². The second-order valence-electron chi connectivity index (χ2n) is 4.96. The molecule has 0 aliphatic carbocycles. The summed E-state index contributed by atoms with van der Waals surface area (Å²) in [4.78, 5) is 8.90. The first-order valence-electron chi connectivity index (χ1n) is 7.12. The smallest absolute Gasteiger partial charge is 0.0636 e. The van der Waals surface area contributed by atoms with Crippen LogP contribution in [0, 0.1) is 0 Å². The molecule has 0 saturated heterocycles. The Kier molecular flexibility index (Phi) is 6.30. The lowest BCUT2D eigenvalue weighted by atomic mass is 10.1. The van der Waals surface area contributed by atoms with E-state index in [0.717, 1.165) is 19.3 Å². The molecule has 3 heteroatoms. The monoisotopic (exact) mass is 296 g/mol. The van der Waals surface area contributed by atoms with Crippen molar-refractivity contribution in [1.82, 2.24) is 0 Å². The van der Waals surface area contributed by atoms with Gasteiger partial charge < -0.3 is 0 Å². The van der Waals surface area contributed by atoms with E-state index in [1.807, 2.05) is 24.6 Å². The summed E-state index contributed by atoms with van der Waals surface area (Å²) >= 11 is 0. The van der Waals surface area contributed by atoms with Crippen molar-refractivity contribution in [3.63, 3.8) is 0 Å². The molecule has 0 N–H and O–H groups in total. The third kappa shape index (κ3) is 5.61. The van der Waals surface area contributed by atoms with Gasteiger partial charge in [-0.15, -0.1) is 15.8 Å². The summed E-state index contributed by atoms with van der Waals surface area (Å²) in [6.45, 7) is 4.55. The standard InChI is InChI=1S/C18H21N2P/c1-2-4-17(13-15-6-8-18(21)9-7-15)20-14-16-5-3-11-19-12-10-16/h2,5-12H,1,3-4,13-14,21H2. The molecule has 108 valence electrons. The Hall–Kier alpha value is -1.79. The van der Waals surface area contributed by atoms with Crippen LogP contribution in [0.25, 0.3) is 0 Å². The van der Waals surface area contributed by atoms with Crippen molar-refractivity contribution in [3.05, 3.63) is 66.4 Å². The highest BCUT2D eigenvalue weighted by Gasteiger charge is 2.01. The molecule has 2 rings (SSSR count). The molecule has 0 aromatic heterocycles. The molecule has 0 amide bonds. The number of rotatable bonds is 6. The van der Waals surface area contributed by atoms with Gasteiger partial charge in [0.2, 0.25) is 0 Å². The van der Waals surface area contributed by atoms with Gasteiger partial charge in [0.25, 0.3) is 0 Å². The summed E-state index contributed by atoms with van der Waals surface area (Å²) in [6, 6.07) is 8.53. The van der Waals surface area contributed by atoms with Gasteiger partial charge >= 0.3 is 0 Å². The van der Waals surface area contributed by atoms with Crippen LogP contribution < -0.4 is 5.30 Å². The molecule has 0 spiro atoms. The zero-order valence-electron chi connectivity index (χ0n) is 12.2. The predicted molar refractivity (Wildman–Crippen MR) is 96.9 cm³/mol. The molecule has 1 aromatic carbocycles. The summed E-state index contributed by atoms with van der Waals surface area (Å²) in [5, 5.41) is 1.20. The van der Waals surface area contributed by atoms with Gasteiger partial charge in [0.05, 0.1) is 6.54 Å². The average Bonchev–Trinajstić information content (AvgIpc) is 2.76. The van der Waals surface area contributed by atoms with Gasteiger partial charge in [-0.05, 0) is 22.5 Å². The van der Waals surface area contributed by atoms with E-state index in [4.69, 9.17) is 4.99 Å². The Morgan fingerprint density at radius 2 is 2.14 bits per heavy atom. The SMILES string of the molecule is C=CCC(Cc1ccc(P)cc1)=NCC1=CCC=NC=C1. The van der Waals surface area contributed by atoms with Gasteiger partial charge in [-0.2, -0.15) is 0 Å². The number of hydrogen-bond acceptors (Lipinski definition) is 2. The second-order valence-corrected chi connectivity index (χ2v) is 5.62. The normalized spacial score (nSPS) is 14.7. The Morgan fingerprint density at radius 3 is 2.90 bits per heavy atom. The van der Waals surface area contributed by atoms with E-state index in [1.54, 1.807) is 0 Å². The van der Waals surface area contributed by atoms with Crippen molar-refractivity contribution >= 4 is 26.5 Å². The van der Waals surface area contributed by atoms with Crippen molar-refractivity contribution in [2.45, 2.75) is 19.3 Å². The zero-order chi connectivity index (χ0) is 14.9. The van der Waals surface area contributed by atoms with Gasteiger partial charge in [0.15, 0.2) is 0 Å². The maximum absolute atomic E-state index is 4.76. The number of allylic oxidation sites excluding steroid dienone is 2. The number of hydrogen-bond donors (Lipinski definition) is 0. The summed E-state index contributed by atoms with van der Waals surface area (Å²) in [7, 11) is 2.71. The fourth-order valence-electron chi connectivity index (χ4n) is 2.08. The molecule has 1 aliphatic heterocycles. The Bertz CT molecular complexity index is 592. The molecule has 0 radical (unpaired) electrons. The molecule has 0 fully saturated rings. The highest BCUT2D eigenvalue weighted by Crippen LogP contribution is 2.08. The van der Waals surface area contributed by atoms with Crippen LogP contribution in [-0.4, -0.2) is 18.5 Å². The molecular weight excluding hydrogens is 275 g/mol. The van der Waals surface area contributed by atoms with E-state index < -0.39 is 0 Å². The molecule has 1 aliphatic rings. The third-order valence-electron chi connectivity index (χ3n) is 3.22. The van der Waals surface area contributed by atoms with Crippen molar-refractivity contribution in [2.75, 3.05) is 6.54 Å². The van der Waals surface area contributed by atoms with Crippen LogP contribution in [-0.2, 0) is 6.42 Å². The van der Waals surface area contributed by atoms with Gasteiger partial charge in [0.1, 0.15) is 0 Å². The quantitative estimate of drug-likeness (QED) is 0.435. The van der Waals surface area contributed by atoms with E-state index in [-0.39, 0.29) is 0 Å². The van der Waals surface area contributed by atoms with Crippen LogP contribution in [0.2, 0.25) is 0 Å². The molecule has 1 heterocycles. The van der Waals surface area contributed by atoms with Crippen LogP contribution in [0.3, 0.4) is 0 Å². The first-order valence-corrected chi connectivity index (χ1v) is 7.70. The van der Waals surface area contributed by atoms with E-state index in [2.05, 4.69) is 51.2 Å². The number of benzene rings is 1. The Morgan fingerprint density at radius 1 is 1.33 bits per heavy atom. The van der Waals surface area contributed by atoms with Gasteiger partial charge in [-0.1, -0.05) is 36.4 Å². The Labute approximate surface area is 129 Å². The number of nitrogens with zero attached hydrogens (tertiary/aromatic N) is 2. The number of aliphatic imine (C=N–C) groups is 2. The van der Waals surface area contributed by atoms with Crippen LogP contribution in [0.1, 0.15) is 18.4 Å². The maximum Gasteiger partial charge on any atom is 0.0636 e. The summed E-state index contributed by atoms with van der Waals surface area (Å²) in [6.07, 6.45) is 12.4. The van der Waals surface area contributed by atoms with Crippen molar-refractivity contribution in [3.8, 4) is 0 Å². The minimum atomic E-state index is 0.713. The summed E-state index contributed by atoms with van der Waals surface area (Å²) in [5.74, 6) is 0. The highest BCUT2D eigenvalue weighted by atomic mass is 31.0. The zero-order valence-corrected chi connectivity index (χ0v) is 13.4. The molecule has 0 bridgehead atoms. The first kappa shape index (κ1) is 15.6. The lowest BCUT2D eigenvalue weighted by Crippen LogP contribution is -2.05. The van der Waals surface area contributed by atoms with Crippen LogP contribution in [0.5, 0.6) is 0 Å². The summed E-state index contributed by atoms with van der Waals surface area (Å²) in [5.41, 5.74) is 3.67. The molecule has 0 saturated carbocycles. The minimum absolute atomic E-state index is 0.713. The first-order chi connectivity index (χ1) is 10.3. The average molecular weight is 296 g/mol. The van der Waals surface area contributed by atoms with Crippen LogP contribution in [0.4, 0.5) is 0 Å². The van der Waals surface area contributed by atoms with E-state index >= 15 is 0 Å². The molecular formula is C18H21N2P. The van der Waals surface area contributed by atoms with E-state index in [1.165, 1.54) is 22.2 Å². The van der Waals surface area contributed by atoms with Crippen molar-refractivity contribution in [1.29, 1.82) is 0 Å². The Balaban J connectivity index is 2.03. The van der Waals surface area contributed by atoms with Gasteiger partial charge in [-0.25, -0.2) is 0 Å². The maximum atomic E-state index is 4.76. The van der Waals surface area contributed by atoms with Crippen LogP contribution >= 0.6 is 9.24 Å². The highest BCUT2D eigenvalue weighted by molar-refractivity contribution is 7.27. The third-order valence-corrected chi connectivity index (χ3v) is 3.60. The lowest BCUT2D eigenvalue weighted by Gasteiger charge is -2.06. The van der Waals surface area contributed by atoms with Crippen molar-refractivity contribution < 1.29 is 0 Å². The van der Waals surface area contributed by atoms with Gasteiger partial charge in [0, 0.05) is 37.4 Å².